The van der Waals surface area contributed by atoms with Gasteiger partial charge in [-0.1, -0.05) is 232 Å². The van der Waals surface area contributed by atoms with Crippen LogP contribution in [0.15, 0.2) is 218 Å². The van der Waals surface area contributed by atoms with Crippen LogP contribution in [0.4, 0.5) is 0 Å². The highest BCUT2D eigenvalue weighted by atomic mass is 15.0. The molecule has 3 heteroatoms. The highest BCUT2D eigenvalue weighted by Crippen LogP contribution is 2.53. The SMILES string of the molecule is CC(C)(C)c1ccc(-c2c(-c3ccc(-n4c5ccccc5c5ccccc54)cc3)c(C#N)c(-c3ccc(-n4c5ccccc5c5ccccc54)cc3)c(-c3ccc(C(C)(C)C)cc3)c2-c2ccc(C(C)(C)C)cc2)cc1. The molecule has 76 heavy (non-hydrogen) atoms. The Bertz CT molecular complexity index is 3860. The van der Waals surface area contributed by atoms with Gasteiger partial charge in [0.1, 0.15) is 6.07 Å². The van der Waals surface area contributed by atoms with E-state index in [2.05, 4.69) is 296 Å². The number of nitrogens with zero attached hydrogens (tertiary/aromatic N) is 3. The summed E-state index contributed by atoms with van der Waals surface area (Å²) in [4.78, 5) is 0. The topological polar surface area (TPSA) is 33.6 Å². The highest BCUT2D eigenvalue weighted by molar-refractivity contribution is 6.12. The van der Waals surface area contributed by atoms with Crippen LogP contribution in [0.25, 0.3) is 111 Å². The number of rotatable bonds is 7. The van der Waals surface area contributed by atoms with Crippen molar-refractivity contribution >= 4 is 43.6 Å². The van der Waals surface area contributed by atoms with E-state index in [9.17, 15) is 5.26 Å². The standard InChI is InChI=1S/C73H63N3/c1-71(2,3)52-36-26-49(27-37-52)68-66(47-32-42-55(43-33-47)75-62-22-14-10-18-57(62)58-19-11-15-23-63(58)75)61(46-74)67(48-34-44-56(45-35-48)76-64-24-16-12-20-59(64)60-21-13-17-25-65(60)76)69(50-28-38-53(39-29-50)72(4,5)6)70(68)51-30-40-54(41-31-51)73(7,8)9/h10-45H,1-9H3. The second-order valence-corrected chi connectivity index (χ2v) is 23.7. The molecule has 0 aliphatic rings. The number of para-hydroxylation sites is 4. The van der Waals surface area contributed by atoms with Gasteiger partial charge in [-0.25, -0.2) is 0 Å². The molecule has 3 nitrogen and oxygen atoms in total. The number of hydrogen-bond acceptors (Lipinski definition) is 1. The van der Waals surface area contributed by atoms with Crippen molar-refractivity contribution in [3.8, 4) is 73.1 Å². The predicted molar refractivity (Wildman–Crippen MR) is 323 cm³/mol. The molecule has 0 atom stereocenters. The molecule has 370 valence electrons. The maximum Gasteiger partial charge on any atom is 0.100 e. The summed E-state index contributed by atoms with van der Waals surface area (Å²) in [5, 5.41) is 17.1. The normalized spacial score (nSPS) is 12.3. The smallest absolute Gasteiger partial charge is 0.100 e. The Kier molecular flexibility index (Phi) is 11.6. The Morgan fingerprint density at radius 3 is 0.750 bits per heavy atom. The zero-order valence-corrected chi connectivity index (χ0v) is 45.1. The number of hydrogen-bond donors (Lipinski definition) is 0. The van der Waals surface area contributed by atoms with Gasteiger partial charge < -0.3 is 9.13 Å². The third-order valence-electron chi connectivity index (χ3n) is 15.7. The van der Waals surface area contributed by atoms with E-state index >= 15 is 0 Å². The van der Waals surface area contributed by atoms with E-state index in [0.717, 1.165) is 89.1 Å². The van der Waals surface area contributed by atoms with Crippen molar-refractivity contribution < 1.29 is 0 Å². The van der Waals surface area contributed by atoms with Gasteiger partial charge in [0.2, 0.25) is 0 Å². The summed E-state index contributed by atoms with van der Waals surface area (Å²) in [5.41, 5.74) is 21.1. The molecule has 2 heterocycles. The van der Waals surface area contributed by atoms with E-state index in [-0.39, 0.29) is 16.2 Å². The van der Waals surface area contributed by atoms with Gasteiger partial charge in [0.15, 0.2) is 0 Å². The van der Waals surface area contributed by atoms with E-state index in [0.29, 0.717) is 5.56 Å². The number of benzene rings is 10. The van der Waals surface area contributed by atoms with Crippen molar-refractivity contribution in [3.63, 3.8) is 0 Å². The Balaban J connectivity index is 1.19. The molecule has 10 aromatic carbocycles. The lowest BCUT2D eigenvalue weighted by Gasteiger charge is -2.28. The van der Waals surface area contributed by atoms with Crippen LogP contribution in [0.1, 0.15) is 84.6 Å². The first kappa shape index (κ1) is 48.2. The minimum atomic E-state index is -0.0529. The Morgan fingerprint density at radius 1 is 0.276 bits per heavy atom. The zero-order chi connectivity index (χ0) is 52.7. The van der Waals surface area contributed by atoms with Crippen molar-refractivity contribution in [1.82, 2.24) is 9.13 Å². The predicted octanol–water partition coefficient (Wildman–Crippen LogP) is 20.0. The summed E-state index contributed by atoms with van der Waals surface area (Å²) in [5.74, 6) is 0. The van der Waals surface area contributed by atoms with Crippen LogP contribution in [-0.2, 0) is 16.2 Å². The number of nitriles is 1. The third kappa shape index (κ3) is 8.21. The van der Waals surface area contributed by atoms with Crippen molar-refractivity contribution in [2.24, 2.45) is 0 Å². The highest BCUT2D eigenvalue weighted by Gasteiger charge is 2.30. The maximum atomic E-state index is 12.2. The average molecular weight is 982 g/mol. The van der Waals surface area contributed by atoms with Gasteiger partial charge in [0.25, 0.3) is 0 Å². The fraction of sp³-hybridized carbons (Fsp3) is 0.164. The van der Waals surface area contributed by atoms with E-state index in [4.69, 9.17) is 0 Å². The lowest BCUT2D eigenvalue weighted by molar-refractivity contribution is 0.590. The summed E-state index contributed by atoms with van der Waals surface area (Å²) in [6, 6.07) is 82.9. The maximum absolute atomic E-state index is 12.2. The first-order valence-corrected chi connectivity index (χ1v) is 26.7. The van der Waals surface area contributed by atoms with Crippen molar-refractivity contribution in [2.45, 2.75) is 78.6 Å². The quantitative estimate of drug-likeness (QED) is 0.157. The number of fused-ring (bicyclic) bond motifs is 6. The molecule has 0 fully saturated rings. The second kappa shape index (κ2) is 18.3. The molecule has 0 aliphatic heterocycles. The molecule has 0 saturated carbocycles. The van der Waals surface area contributed by atoms with Crippen molar-refractivity contribution in [1.29, 1.82) is 5.26 Å². The van der Waals surface area contributed by atoms with Crippen LogP contribution >= 0.6 is 0 Å². The van der Waals surface area contributed by atoms with Gasteiger partial charge in [0, 0.05) is 44.0 Å². The van der Waals surface area contributed by atoms with Gasteiger partial charge in [-0.3, -0.25) is 0 Å². The van der Waals surface area contributed by atoms with Crippen LogP contribution in [0.5, 0.6) is 0 Å². The van der Waals surface area contributed by atoms with E-state index < -0.39 is 0 Å². The summed E-state index contributed by atoms with van der Waals surface area (Å²) in [6.45, 7) is 20.4. The molecular weight excluding hydrogens is 919 g/mol. The zero-order valence-electron chi connectivity index (χ0n) is 45.1. The summed E-state index contributed by atoms with van der Waals surface area (Å²) in [7, 11) is 0. The van der Waals surface area contributed by atoms with Gasteiger partial charge in [0.05, 0.1) is 27.6 Å². The Labute approximate surface area is 448 Å². The van der Waals surface area contributed by atoms with E-state index in [1.165, 1.54) is 38.2 Å². The molecule has 0 radical (unpaired) electrons. The lowest BCUT2D eigenvalue weighted by Crippen LogP contribution is -2.11. The fourth-order valence-corrected chi connectivity index (χ4v) is 11.7. The largest absolute Gasteiger partial charge is 0.309 e. The molecule has 0 spiro atoms. The average Bonchev–Trinajstić information content (AvgIpc) is 3.95. The Morgan fingerprint density at radius 2 is 0.500 bits per heavy atom. The monoisotopic (exact) mass is 982 g/mol. The molecule has 0 saturated heterocycles. The lowest BCUT2D eigenvalue weighted by atomic mass is 9.75. The molecule has 2 aromatic heterocycles. The molecule has 0 bridgehead atoms. The minimum Gasteiger partial charge on any atom is -0.309 e. The van der Waals surface area contributed by atoms with Crippen LogP contribution in [0.2, 0.25) is 0 Å². The minimum absolute atomic E-state index is 0.0486. The van der Waals surface area contributed by atoms with Gasteiger partial charge in [-0.05, 0) is 126 Å². The first-order valence-electron chi connectivity index (χ1n) is 26.7. The van der Waals surface area contributed by atoms with E-state index in [1.54, 1.807) is 0 Å². The van der Waals surface area contributed by atoms with Gasteiger partial charge in [-0.2, -0.15) is 5.26 Å². The molecule has 12 rings (SSSR count). The van der Waals surface area contributed by atoms with Crippen LogP contribution in [0, 0.1) is 11.3 Å². The molecular formula is C73H63N3. The van der Waals surface area contributed by atoms with Gasteiger partial charge >= 0.3 is 0 Å². The second-order valence-electron chi connectivity index (χ2n) is 23.7. The summed E-state index contributed by atoms with van der Waals surface area (Å²) in [6.07, 6.45) is 0. The van der Waals surface area contributed by atoms with E-state index in [1.807, 2.05) is 0 Å². The molecule has 0 unspecified atom stereocenters. The summed E-state index contributed by atoms with van der Waals surface area (Å²) >= 11 is 0. The number of aromatic nitrogens is 2. The fourth-order valence-electron chi connectivity index (χ4n) is 11.7. The van der Waals surface area contributed by atoms with Crippen LogP contribution in [-0.4, -0.2) is 9.13 Å². The van der Waals surface area contributed by atoms with Crippen LogP contribution < -0.4 is 0 Å². The van der Waals surface area contributed by atoms with Gasteiger partial charge in [-0.15, -0.1) is 0 Å². The molecule has 12 aromatic rings. The third-order valence-corrected chi connectivity index (χ3v) is 15.7. The molecule has 0 amide bonds. The van der Waals surface area contributed by atoms with Crippen LogP contribution in [0.3, 0.4) is 0 Å². The molecule has 0 aliphatic carbocycles. The molecule has 0 N–H and O–H groups in total. The van der Waals surface area contributed by atoms with Crippen molar-refractivity contribution in [2.75, 3.05) is 0 Å². The Hall–Kier alpha value is -8.71. The van der Waals surface area contributed by atoms with Crippen molar-refractivity contribution in [3.05, 3.63) is 241 Å². The summed E-state index contributed by atoms with van der Waals surface area (Å²) < 4.78 is 4.73. The first-order chi connectivity index (χ1) is 36.6.